The molecule has 2 heterocycles. The quantitative estimate of drug-likeness (QED) is 0.733. The molecule has 2 aromatic rings. The van der Waals surface area contributed by atoms with Gasteiger partial charge in [0.2, 0.25) is 0 Å². The van der Waals surface area contributed by atoms with E-state index in [9.17, 15) is 4.39 Å². The summed E-state index contributed by atoms with van der Waals surface area (Å²) in [5.41, 5.74) is 3.13. The van der Waals surface area contributed by atoms with Gasteiger partial charge in [-0.15, -0.1) is 0 Å². The molecule has 4 heteroatoms. The molecule has 1 aliphatic heterocycles. The summed E-state index contributed by atoms with van der Waals surface area (Å²) < 4.78 is 14.4. The van der Waals surface area contributed by atoms with Crippen LogP contribution in [-0.2, 0) is 11.5 Å². The maximum Gasteiger partial charge on any atom is 0.123 e. The molecule has 0 bridgehead atoms. The predicted octanol–water partition coefficient (Wildman–Crippen LogP) is 2.56. The number of benzene rings is 1. The number of nitrogens with zero attached hydrogens (tertiary/aromatic N) is 2. The van der Waals surface area contributed by atoms with Gasteiger partial charge in [0.15, 0.2) is 0 Å². The molecule has 2 nitrogen and oxygen atoms in total. The third-order valence-corrected chi connectivity index (χ3v) is 3.34. The summed E-state index contributed by atoms with van der Waals surface area (Å²) >= 11 is 1.85. The first-order valence-electron chi connectivity index (χ1n) is 4.67. The van der Waals surface area contributed by atoms with Crippen LogP contribution in [-0.4, -0.2) is 9.78 Å². The minimum absolute atomic E-state index is 0.228. The smallest absolute Gasteiger partial charge is 0.123 e. The fourth-order valence-corrected chi connectivity index (χ4v) is 2.55. The van der Waals surface area contributed by atoms with Gasteiger partial charge in [0.25, 0.3) is 0 Å². The fourth-order valence-electron chi connectivity index (χ4n) is 1.58. The summed E-state index contributed by atoms with van der Waals surface area (Å²) in [5.74, 6) is 1.71. The Labute approximate surface area is 91.1 Å². The molecule has 15 heavy (non-hydrogen) atoms. The number of thioether (sulfide) groups is 1. The molecule has 1 aromatic carbocycles. The van der Waals surface area contributed by atoms with Crippen LogP contribution in [0.5, 0.6) is 0 Å². The second-order valence-corrected chi connectivity index (χ2v) is 4.40. The van der Waals surface area contributed by atoms with E-state index < -0.39 is 0 Å². The molecule has 0 atom stereocenters. The van der Waals surface area contributed by atoms with E-state index in [1.807, 2.05) is 11.8 Å². The topological polar surface area (TPSA) is 17.8 Å². The molecule has 0 amide bonds. The van der Waals surface area contributed by atoms with E-state index in [0.29, 0.717) is 0 Å². The summed E-state index contributed by atoms with van der Waals surface area (Å²) in [6, 6.07) is 6.29. The number of rotatable bonds is 1. The largest absolute Gasteiger partial charge is 0.231 e. The number of aromatic nitrogens is 2. The minimum Gasteiger partial charge on any atom is -0.231 e. The van der Waals surface area contributed by atoms with E-state index in [1.54, 1.807) is 16.8 Å². The highest BCUT2D eigenvalue weighted by molar-refractivity contribution is 7.98. The lowest BCUT2D eigenvalue weighted by Crippen LogP contribution is -1.96. The van der Waals surface area contributed by atoms with Crippen LogP contribution in [0.2, 0.25) is 0 Å². The zero-order chi connectivity index (χ0) is 10.3. The Morgan fingerprint density at radius 3 is 2.80 bits per heavy atom. The zero-order valence-corrected chi connectivity index (χ0v) is 8.72. The highest BCUT2D eigenvalue weighted by Gasteiger charge is 2.16. The van der Waals surface area contributed by atoms with Gasteiger partial charge in [-0.05, 0) is 24.3 Å². The molecule has 0 fully saturated rings. The van der Waals surface area contributed by atoms with Crippen LogP contribution in [0.4, 0.5) is 4.39 Å². The van der Waals surface area contributed by atoms with Gasteiger partial charge in [0.1, 0.15) is 5.82 Å². The molecule has 1 aromatic heterocycles. The van der Waals surface area contributed by atoms with E-state index >= 15 is 0 Å². The molecule has 0 N–H and O–H groups in total. The van der Waals surface area contributed by atoms with Gasteiger partial charge in [-0.3, -0.25) is 0 Å². The lowest BCUT2D eigenvalue weighted by atomic mass is 10.3. The Morgan fingerprint density at radius 1 is 1.27 bits per heavy atom. The Bertz CT molecular complexity index is 468. The van der Waals surface area contributed by atoms with Crippen LogP contribution in [0.25, 0.3) is 5.69 Å². The third-order valence-electron chi connectivity index (χ3n) is 2.37. The summed E-state index contributed by atoms with van der Waals surface area (Å²) in [5, 5.41) is 4.41. The molecule has 0 spiro atoms. The maximum atomic E-state index is 12.7. The van der Waals surface area contributed by atoms with Crippen molar-refractivity contribution in [3.63, 3.8) is 0 Å². The second kappa shape index (κ2) is 3.38. The van der Waals surface area contributed by atoms with Crippen molar-refractivity contribution in [2.45, 2.75) is 11.5 Å². The first-order chi connectivity index (χ1) is 7.33. The Hall–Kier alpha value is -1.29. The highest BCUT2D eigenvalue weighted by Crippen LogP contribution is 2.28. The van der Waals surface area contributed by atoms with Gasteiger partial charge in [-0.25, -0.2) is 9.07 Å². The van der Waals surface area contributed by atoms with Gasteiger partial charge in [-0.2, -0.15) is 16.9 Å². The maximum absolute atomic E-state index is 12.7. The van der Waals surface area contributed by atoms with Crippen LogP contribution < -0.4 is 0 Å². The van der Waals surface area contributed by atoms with Gasteiger partial charge >= 0.3 is 0 Å². The SMILES string of the molecule is Fc1ccc(-n2[c]c3c(n2)CSC3)cc1. The predicted molar refractivity (Wildman–Crippen MR) is 57.4 cm³/mol. The van der Waals surface area contributed by atoms with Crippen molar-refractivity contribution in [1.82, 2.24) is 9.78 Å². The van der Waals surface area contributed by atoms with Crippen LogP contribution in [0, 0.1) is 12.0 Å². The van der Waals surface area contributed by atoms with Crippen molar-refractivity contribution < 1.29 is 4.39 Å². The van der Waals surface area contributed by atoms with Crippen molar-refractivity contribution in [3.8, 4) is 5.69 Å². The fraction of sp³-hybridized carbons (Fsp3) is 0.182. The summed E-state index contributed by atoms with van der Waals surface area (Å²) in [6.45, 7) is 0. The van der Waals surface area contributed by atoms with E-state index in [-0.39, 0.29) is 5.82 Å². The first kappa shape index (κ1) is 8.97. The van der Waals surface area contributed by atoms with Gasteiger partial charge in [0.05, 0.1) is 17.6 Å². The normalized spacial score (nSPS) is 14.2. The molecule has 1 aliphatic rings. The number of fused-ring (bicyclic) bond motifs is 1. The number of halogens is 1. The average molecular weight is 219 g/mol. The zero-order valence-electron chi connectivity index (χ0n) is 7.90. The van der Waals surface area contributed by atoms with Crippen LogP contribution in [0.3, 0.4) is 0 Å². The molecule has 0 saturated carbocycles. The van der Waals surface area contributed by atoms with Crippen LogP contribution in [0.1, 0.15) is 11.3 Å². The lowest BCUT2D eigenvalue weighted by Gasteiger charge is -2.00. The summed E-state index contributed by atoms with van der Waals surface area (Å²) in [6.07, 6.45) is 3.19. The van der Waals surface area contributed by atoms with E-state index in [1.165, 1.54) is 17.7 Å². The Balaban J connectivity index is 2.02. The third kappa shape index (κ3) is 1.55. The van der Waals surface area contributed by atoms with Gasteiger partial charge in [-0.1, -0.05) is 0 Å². The molecule has 0 aliphatic carbocycles. The van der Waals surface area contributed by atoms with Crippen molar-refractivity contribution in [2.24, 2.45) is 0 Å². The molecular formula is C11H8FN2S. The van der Waals surface area contributed by atoms with Gasteiger partial charge in [0, 0.05) is 17.1 Å². The second-order valence-electron chi connectivity index (χ2n) is 3.42. The van der Waals surface area contributed by atoms with E-state index in [0.717, 1.165) is 22.9 Å². The number of hydrogen-bond donors (Lipinski definition) is 0. The monoisotopic (exact) mass is 219 g/mol. The highest BCUT2D eigenvalue weighted by atomic mass is 32.2. The number of hydrogen-bond acceptors (Lipinski definition) is 2. The van der Waals surface area contributed by atoms with E-state index in [4.69, 9.17) is 0 Å². The standard InChI is InChI=1S/C11H8FN2S/c12-9-1-3-10(4-2-9)14-5-8-6-15-7-11(8)13-14/h1-4H,6-7H2. The molecule has 75 valence electrons. The van der Waals surface area contributed by atoms with E-state index in [2.05, 4.69) is 11.3 Å². The molecule has 0 unspecified atom stereocenters. The van der Waals surface area contributed by atoms with Crippen LogP contribution in [0.15, 0.2) is 24.3 Å². The summed E-state index contributed by atoms with van der Waals surface area (Å²) in [7, 11) is 0. The van der Waals surface area contributed by atoms with Crippen LogP contribution >= 0.6 is 11.8 Å². The van der Waals surface area contributed by atoms with Gasteiger partial charge < -0.3 is 0 Å². The van der Waals surface area contributed by atoms with Crippen molar-refractivity contribution >= 4 is 11.8 Å². The minimum atomic E-state index is -0.228. The lowest BCUT2D eigenvalue weighted by molar-refractivity contribution is 0.627. The average Bonchev–Trinajstić information content (AvgIpc) is 2.78. The van der Waals surface area contributed by atoms with Crippen molar-refractivity contribution in [3.05, 3.63) is 47.5 Å². The Kier molecular flexibility index (Phi) is 2.02. The molecule has 0 saturated heterocycles. The molecule has 1 radical (unpaired) electrons. The molecule has 3 rings (SSSR count). The van der Waals surface area contributed by atoms with Crippen molar-refractivity contribution in [2.75, 3.05) is 0 Å². The molecular weight excluding hydrogens is 211 g/mol. The Morgan fingerprint density at radius 2 is 2.07 bits per heavy atom. The van der Waals surface area contributed by atoms with Crippen molar-refractivity contribution in [1.29, 1.82) is 0 Å². The first-order valence-corrected chi connectivity index (χ1v) is 5.82. The summed E-state index contributed by atoms with van der Waals surface area (Å²) in [4.78, 5) is 0.